The minimum Gasteiger partial charge on any atom is -0.310 e. The zero-order chi connectivity index (χ0) is 15.4. The summed E-state index contributed by atoms with van der Waals surface area (Å²) in [6.45, 7) is 7.18. The van der Waals surface area contributed by atoms with E-state index in [0.717, 1.165) is 24.2 Å². The van der Waals surface area contributed by atoms with Crippen LogP contribution in [0.3, 0.4) is 0 Å². The molecule has 0 amide bonds. The summed E-state index contributed by atoms with van der Waals surface area (Å²) in [5.74, 6) is 0.514. The Balaban J connectivity index is 2.30. The van der Waals surface area contributed by atoms with Gasteiger partial charge in [-0.25, -0.2) is 15.0 Å². The molecule has 2 heterocycles. The van der Waals surface area contributed by atoms with Gasteiger partial charge in [0.05, 0.1) is 10.0 Å². The molecule has 0 aliphatic rings. The van der Waals surface area contributed by atoms with Crippen LogP contribution < -0.4 is 5.32 Å². The van der Waals surface area contributed by atoms with E-state index in [1.165, 1.54) is 0 Å². The third-order valence-corrected chi connectivity index (χ3v) is 3.70. The van der Waals surface area contributed by atoms with E-state index in [-0.39, 0.29) is 6.04 Å². The van der Waals surface area contributed by atoms with E-state index in [9.17, 15) is 0 Å². The Kier molecular flexibility index (Phi) is 5.51. The van der Waals surface area contributed by atoms with Gasteiger partial charge in [0.2, 0.25) is 0 Å². The van der Waals surface area contributed by atoms with Gasteiger partial charge in [0.1, 0.15) is 5.69 Å². The van der Waals surface area contributed by atoms with Gasteiger partial charge >= 0.3 is 0 Å². The first-order chi connectivity index (χ1) is 10.0. The molecular formula is C15H18Cl2N4. The summed E-state index contributed by atoms with van der Waals surface area (Å²) in [4.78, 5) is 13.1. The fraction of sp³-hybridized carbons (Fsp3) is 0.400. The molecule has 1 N–H and O–H groups in total. The Hall–Kier alpha value is -1.23. The number of hydrogen-bond acceptors (Lipinski definition) is 4. The van der Waals surface area contributed by atoms with E-state index in [1.54, 1.807) is 12.3 Å². The second kappa shape index (κ2) is 7.16. The van der Waals surface area contributed by atoms with Crippen LogP contribution in [0.4, 0.5) is 0 Å². The summed E-state index contributed by atoms with van der Waals surface area (Å²) < 4.78 is 0. The molecule has 6 heteroatoms. The van der Waals surface area contributed by atoms with Crippen LogP contribution in [-0.2, 0) is 0 Å². The molecule has 1 atom stereocenters. The van der Waals surface area contributed by atoms with Crippen molar-refractivity contribution in [3.63, 3.8) is 0 Å². The van der Waals surface area contributed by atoms with Gasteiger partial charge in [-0.3, -0.25) is 0 Å². The largest absolute Gasteiger partial charge is 0.310 e. The Labute approximate surface area is 134 Å². The summed E-state index contributed by atoms with van der Waals surface area (Å²) in [6, 6.07) is 1.86. The molecule has 0 aromatic carbocycles. The lowest BCUT2D eigenvalue weighted by Crippen LogP contribution is -2.20. The van der Waals surface area contributed by atoms with Gasteiger partial charge in [-0.1, -0.05) is 30.1 Å². The molecule has 4 nitrogen and oxygen atoms in total. The SMILES string of the molecule is CCCNC(C)c1cnc(-c2ncc(Cl)cc2Cl)nc1C. The van der Waals surface area contributed by atoms with Crippen molar-refractivity contribution < 1.29 is 0 Å². The third kappa shape index (κ3) is 3.90. The van der Waals surface area contributed by atoms with E-state index in [4.69, 9.17) is 23.2 Å². The number of aryl methyl sites for hydroxylation is 1. The molecule has 2 rings (SSSR count). The smallest absolute Gasteiger partial charge is 0.179 e. The lowest BCUT2D eigenvalue weighted by molar-refractivity contribution is 0.564. The van der Waals surface area contributed by atoms with E-state index >= 15 is 0 Å². The highest BCUT2D eigenvalue weighted by Gasteiger charge is 2.14. The van der Waals surface area contributed by atoms with Crippen LogP contribution >= 0.6 is 23.2 Å². The standard InChI is InChI=1S/C15H18Cl2N4/c1-4-5-18-9(2)12-8-20-15(21-10(12)3)14-13(17)6-11(16)7-19-14/h6-9,18H,4-5H2,1-3H3. The maximum absolute atomic E-state index is 6.15. The first-order valence-corrected chi connectivity index (χ1v) is 7.66. The average Bonchev–Trinajstić information content (AvgIpc) is 2.44. The fourth-order valence-electron chi connectivity index (χ4n) is 2.07. The number of nitrogens with zero attached hydrogens (tertiary/aromatic N) is 3. The van der Waals surface area contributed by atoms with Crippen LogP contribution in [0.2, 0.25) is 10.0 Å². The highest BCUT2D eigenvalue weighted by Crippen LogP contribution is 2.26. The van der Waals surface area contributed by atoms with E-state index < -0.39 is 0 Å². The van der Waals surface area contributed by atoms with Gasteiger partial charge in [0.25, 0.3) is 0 Å². The van der Waals surface area contributed by atoms with Gasteiger partial charge in [0, 0.05) is 29.7 Å². The first kappa shape index (κ1) is 16.1. The van der Waals surface area contributed by atoms with Crippen molar-refractivity contribution in [1.29, 1.82) is 0 Å². The van der Waals surface area contributed by atoms with Crippen LogP contribution in [0.25, 0.3) is 11.5 Å². The Bertz CT molecular complexity index is 631. The fourth-order valence-corrected chi connectivity index (χ4v) is 2.53. The van der Waals surface area contributed by atoms with Crippen molar-refractivity contribution in [3.05, 3.63) is 39.8 Å². The zero-order valence-corrected chi connectivity index (χ0v) is 13.8. The molecule has 0 spiro atoms. The number of halogens is 2. The number of hydrogen-bond donors (Lipinski definition) is 1. The molecule has 0 saturated carbocycles. The van der Waals surface area contributed by atoms with Gasteiger partial charge < -0.3 is 5.32 Å². The van der Waals surface area contributed by atoms with Crippen LogP contribution in [-0.4, -0.2) is 21.5 Å². The average molecular weight is 325 g/mol. The maximum atomic E-state index is 6.15. The Morgan fingerprint density at radius 3 is 2.62 bits per heavy atom. The van der Waals surface area contributed by atoms with Gasteiger partial charge in [-0.2, -0.15) is 0 Å². The van der Waals surface area contributed by atoms with Crippen LogP contribution in [0, 0.1) is 6.92 Å². The predicted octanol–water partition coefficient (Wildman–Crippen LogP) is 4.21. The highest BCUT2D eigenvalue weighted by atomic mass is 35.5. The van der Waals surface area contributed by atoms with Crippen molar-refractivity contribution in [2.24, 2.45) is 0 Å². The van der Waals surface area contributed by atoms with Gasteiger partial charge in [-0.05, 0) is 32.9 Å². The summed E-state index contributed by atoms with van der Waals surface area (Å²) >= 11 is 12.0. The number of rotatable bonds is 5. The van der Waals surface area contributed by atoms with Crippen molar-refractivity contribution in [3.8, 4) is 11.5 Å². The van der Waals surface area contributed by atoms with E-state index in [0.29, 0.717) is 21.6 Å². The lowest BCUT2D eigenvalue weighted by atomic mass is 10.1. The molecule has 0 fully saturated rings. The van der Waals surface area contributed by atoms with E-state index in [1.807, 2.05) is 13.1 Å². The second-order valence-electron chi connectivity index (χ2n) is 4.89. The molecule has 0 aliphatic heterocycles. The van der Waals surface area contributed by atoms with E-state index in [2.05, 4.69) is 34.1 Å². The normalized spacial score (nSPS) is 12.4. The summed E-state index contributed by atoms with van der Waals surface area (Å²) in [6.07, 6.45) is 4.46. The van der Waals surface area contributed by atoms with Crippen molar-refractivity contribution in [2.75, 3.05) is 6.54 Å². The summed E-state index contributed by atoms with van der Waals surface area (Å²) in [5, 5.41) is 4.37. The monoisotopic (exact) mass is 324 g/mol. The Morgan fingerprint density at radius 1 is 1.24 bits per heavy atom. The molecule has 2 aromatic heterocycles. The number of pyridine rings is 1. The number of aromatic nitrogens is 3. The zero-order valence-electron chi connectivity index (χ0n) is 12.3. The van der Waals surface area contributed by atoms with Crippen LogP contribution in [0.5, 0.6) is 0 Å². The summed E-state index contributed by atoms with van der Waals surface area (Å²) in [7, 11) is 0. The molecule has 0 bridgehead atoms. The molecule has 112 valence electrons. The first-order valence-electron chi connectivity index (χ1n) is 6.91. The Morgan fingerprint density at radius 2 is 2.00 bits per heavy atom. The molecule has 1 unspecified atom stereocenters. The van der Waals surface area contributed by atoms with Gasteiger partial charge in [-0.15, -0.1) is 0 Å². The highest BCUT2D eigenvalue weighted by molar-refractivity contribution is 6.35. The molecular weight excluding hydrogens is 307 g/mol. The maximum Gasteiger partial charge on any atom is 0.179 e. The van der Waals surface area contributed by atoms with Gasteiger partial charge in [0.15, 0.2) is 5.82 Å². The molecule has 0 aliphatic carbocycles. The van der Waals surface area contributed by atoms with Crippen LogP contribution in [0.15, 0.2) is 18.5 Å². The minimum atomic E-state index is 0.215. The topological polar surface area (TPSA) is 50.7 Å². The van der Waals surface area contributed by atoms with Crippen molar-refractivity contribution in [2.45, 2.75) is 33.2 Å². The molecule has 21 heavy (non-hydrogen) atoms. The molecule has 0 saturated heterocycles. The summed E-state index contributed by atoms with van der Waals surface area (Å²) in [5.41, 5.74) is 2.55. The van der Waals surface area contributed by atoms with Crippen molar-refractivity contribution >= 4 is 23.2 Å². The number of nitrogens with one attached hydrogen (secondary N) is 1. The minimum absolute atomic E-state index is 0.215. The molecule has 2 aromatic rings. The lowest BCUT2D eigenvalue weighted by Gasteiger charge is -2.15. The van der Waals surface area contributed by atoms with Crippen LogP contribution in [0.1, 0.15) is 37.6 Å². The second-order valence-corrected chi connectivity index (χ2v) is 5.74. The van der Waals surface area contributed by atoms with Crippen molar-refractivity contribution in [1.82, 2.24) is 20.3 Å². The molecule has 0 radical (unpaired) electrons. The predicted molar refractivity (Wildman–Crippen MR) is 86.7 cm³/mol. The third-order valence-electron chi connectivity index (χ3n) is 3.20. The quantitative estimate of drug-likeness (QED) is 0.894.